The molecule has 1 aliphatic rings. The molecule has 1 N–H and O–H groups in total. The largest absolute Gasteiger partial charge is 0.360 e. The van der Waals surface area contributed by atoms with Gasteiger partial charge in [-0.3, -0.25) is 9.69 Å². The van der Waals surface area contributed by atoms with Gasteiger partial charge < -0.3 is 14.4 Å². The molecule has 0 aromatic carbocycles. The van der Waals surface area contributed by atoms with Gasteiger partial charge >= 0.3 is 0 Å². The van der Waals surface area contributed by atoms with E-state index in [9.17, 15) is 4.79 Å². The second-order valence-corrected chi connectivity index (χ2v) is 5.00. The highest BCUT2D eigenvalue weighted by atomic mass is 16.5. The van der Waals surface area contributed by atoms with Crippen molar-refractivity contribution in [3.8, 4) is 0 Å². The molecule has 0 saturated carbocycles. The normalized spacial score (nSPS) is 16.7. The topological polar surface area (TPSA) is 76.2 Å². The number of hydrogen-bond donors (Lipinski definition) is 1. The Morgan fingerprint density at radius 1 is 1.50 bits per heavy atom. The fourth-order valence-electron chi connectivity index (χ4n) is 2.34. The number of aryl methyl sites for hydroxylation is 1. The summed E-state index contributed by atoms with van der Waals surface area (Å²) in [6.45, 7) is 6.04. The van der Waals surface area contributed by atoms with Gasteiger partial charge in [-0.15, -0.1) is 0 Å². The van der Waals surface area contributed by atoms with Gasteiger partial charge in [0.2, 0.25) is 5.91 Å². The Balaban J connectivity index is 1.64. The Morgan fingerprint density at radius 3 is 3.10 bits per heavy atom. The number of carbonyl (C=O) groups excluding carboxylic acids is 1. The zero-order valence-electron chi connectivity index (χ0n) is 11.5. The van der Waals surface area contributed by atoms with Gasteiger partial charge in [-0.1, -0.05) is 5.16 Å². The summed E-state index contributed by atoms with van der Waals surface area (Å²) in [5, 5.41) is 6.53. The van der Waals surface area contributed by atoms with Crippen molar-refractivity contribution < 1.29 is 9.32 Å². The molecule has 0 spiro atoms. The summed E-state index contributed by atoms with van der Waals surface area (Å²) in [6.07, 6.45) is 3.76. The lowest BCUT2D eigenvalue weighted by atomic mass is 10.2. The van der Waals surface area contributed by atoms with Crippen LogP contribution in [0.4, 0.5) is 5.82 Å². The molecule has 0 aliphatic carbocycles. The van der Waals surface area contributed by atoms with Gasteiger partial charge in [-0.25, -0.2) is 4.98 Å². The number of nitrogens with one attached hydrogen (secondary N) is 1. The van der Waals surface area contributed by atoms with E-state index < -0.39 is 0 Å². The standard InChI is InChI=1S/C13H17N5O2/c1-9-7-11(16-20-9)15-13(19)10(2)18-6-5-17-4-3-14-12(17)8-18/h3-4,7,10H,5-6,8H2,1-2H3,(H,15,16,19)/t10-/m1/s1. The van der Waals surface area contributed by atoms with Crippen LogP contribution in [0.25, 0.3) is 0 Å². The van der Waals surface area contributed by atoms with E-state index in [2.05, 4.69) is 24.9 Å². The minimum Gasteiger partial charge on any atom is -0.360 e. The van der Waals surface area contributed by atoms with Crippen molar-refractivity contribution in [3.63, 3.8) is 0 Å². The predicted molar refractivity (Wildman–Crippen MR) is 72.0 cm³/mol. The molecule has 1 aliphatic heterocycles. The average Bonchev–Trinajstić information content (AvgIpc) is 3.05. The minimum atomic E-state index is -0.238. The molecule has 0 radical (unpaired) electrons. The number of amides is 1. The second-order valence-electron chi connectivity index (χ2n) is 5.00. The zero-order valence-corrected chi connectivity index (χ0v) is 11.5. The summed E-state index contributed by atoms with van der Waals surface area (Å²) in [5.74, 6) is 2.04. The first-order valence-electron chi connectivity index (χ1n) is 6.62. The van der Waals surface area contributed by atoms with Crippen LogP contribution in [0.2, 0.25) is 0 Å². The second kappa shape index (κ2) is 5.09. The number of nitrogens with zero attached hydrogens (tertiary/aromatic N) is 4. The van der Waals surface area contributed by atoms with Gasteiger partial charge in [0.15, 0.2) is 5.82 Å². The monoisotopic (exact) mass is 275 g/mol. The molecule has 0 fully saturated rings. The summed E-state index contributed by atoms with van der Waals surface area (Å²) >= 11 is 0. The van der Waals surface area contributed by atoms with Crippen molar-refractivity contribution >= 4 is 11.7 Å². The smallest absolute Gasteiger partial charge is 0.242 e. The van der Waals surface area contributed by atoms with Gasteiger partial charge in [0.25, 0.3) is 0 Å². The number of fused-ring (bicyclic) bond motifs is 1. The van der Waals surface area contributed by atoms with Crippen molar-refractivity contribution in [2.24, 2.45) is 0 Å². The molecular formula is C13H17N5O2. The van der Waals surface area contributed by atoms with E-state index in [-0.39, 0.29) is 11.9 Å². The molecule has 2 aromatic heterocycles. The Labute approximate surface area is 116 Å². The molecule has 2 aromatic rings. The maximum absolute atomic E-state index is 12.2. The SMILES string of the molecule is Cc1cc(NC(=O)[C@@H](C)N2CCn3ccnc3C2)no1. The summed E-state index contributed by atoms with van der Waals surface area (Å²) in [7, 11) is 0. The fraction of sp³-hybridized carbons (Fsp3) is 0.462. The van der Waals surface area contributed by atoms with Crippen molar-refractivity contribution in [2.45, 2.75) is 33.0 Å². The summed E-state index contributed by atoms with van der Waals surface area (Å²) in [4.78, 5) is 18.6. The van der Waals surface area contributed by atoms with Crippen LogP contribution < -0.4 is 5.32 Å². The van der Waals surface area contributed by atoms with Crippen LogP contribution in [-0.2, 0) is 17.9 Å². The first-order chi connectivity index (χ1) is 9.63. The summed E-state index contributed by atoms with van der Waals surface area (Å²) in [6, 6.07) is 1.46. The number of anilines is 1. The molecule has 0 bridgehead atoms. The molecule has 20 heavy (non-hydrogen) atoms. The van der Waals surface area contributed by atoms with Gasteiger partial charge in [0.05, 0.1) is 12.6 Å². The number of carbonyl (C=O) groups is 1. The van der Waals surface area contributed by atoms with E-state index in [0.29, 0.717) is 18.1 Å². The molecule has 1 amide bonds. The van der Waals surface area contributed by atoms with E-state index >= 15 is 0 Å². The van der Waals surface area contributed by atoms with Crippen LogP contribution in [0.3, 0.4) is 0 Å². The van der Waals surface area contributed by atoms with Gasteiger partial charge in [0.1, 0.15) is 11.6 Å². The Morgan fingerprint density at radius 2 is 2.35 bits per heavy atom. The van der Waals surface area contributed by atoms with Crippen molar-refractivity contribution in [3.05, 3.63) is 30.0 Å². The van der Waals surface area contributed by atoms with Gasteiger partial charge in [-0.2, -0.15) is 0 Å². The van der Waals surface area contributed by atoms with Crippen LogP contribution in [0.15, 0.2) is 23.0 Å². The molecule has 0 unspecified atom stereocenters. The maximum Gasteiger partial charge on any atom is 0.242 e. The van der Waals surface area contributed by atoms with Crippen molar-refractivity contribution in [2.75, 3.05) is 11.9 Å². The Bertz CT molecular complexity index is 618. The Kier molecular flexibility index (Phi) is 3.27. The highest BCUT2D eigenvalue weighted by molar-refractivity contribution is 5.93. The molecule has 7 heteroatoms. The maximum atomic E-state index is 12.2. The summed E-state index contributed by atoms with van der Waals surface area (Å²) < 4.78 is 7.05. The highest BCUT2D eigenvalue weighted by Crippen LogP contribution is 2.15. The van der Waals surface area contributed by atoms with Crippen LogP contribution in [-0.4, -0.2) is 38.1 Å². The van der Waals surface area contributed by atoms with Gasteiger partial charge in [0, 0.05) is 31.5 Å². The lowest BCUT2D eigenvalue weighted by Crippen LogP contribution is -2.45. The average molecular weight is 275 g/mol. The van der Waals surface area contributed by atoms with E-state index in [1.54, 1.807) is 19.2 Å². The number of rotatable bonds is 3. The lowest BCUT2D eigenvalue weighted by molar-refractivity contribution is -0.121. The number of aromatic nitrogens is 3. The van der Waals surface area contributed by atoms with Crippen molar-refractivity contribution in [1.29, 1.82) is 0 Å². The zero-order chi connectivity index (χ0) is 14.1. The first kappa shape index (κ1) is 12.9. The molecular weight excluding hydrogens is 258 g/mol. The molecule has 7 nitrogen and oxygen atoms in total. The van der Waals surface area contributed by atoms with E-state index in [4.69, 9.17) is 4.52 Å². The predicted octanol–water partition coefficient (Wildman–Crippen LogP) is 1.02. The third-order valence-electron chi connectivity index (χ3n) is 3.58. The molecule has 106 valence electrons. The Hall–Kier alpha value is -2.15. The molecule has 1 atom stereocenters. The van der Waals surface area contributed by atoms with Gasteiger partial charge in [-0.05, 0) is 13.8 Å². The number of hydrogen-bond acceptors (Lipinski definition) is 5. The fourth-order valence-corrected chi connectivity index (χ4v) is 2.34. The molecule has 3 rings (SSSR count). The van der Waals surface area contributed by atoms with Crippen LogP contribution in [0.1, 0.15) is 18.5 Å². The van der Waals surface area contributed by atoms with Crippen LogP contribution >= 0.6 is 0 Å². The third kappa shape index (κ3) is 2.44. The quantitative estimate of drug-likeness (QED) is 0.905. The minimum absolute atomic E-state index is 0.0849. The molecule has 0 saturated heterocycles. The van der Waals surface area contributed by atoms with Crippen LogP contribution in [0.5, 0.6) is 0 Å². The highest BCUT2D eigenvalue weighted by Gasteiger charge is 2.26. The summed E-state index contributed by atoms with van der Waals surface area (Å²) in [5.41, 5.74) is 0. The lowest BCUT2D eigenvalue weighted by Gasteiger charge is -2.31. The van der Waals surface area contributed by atoms with Crippen molar-refractivity contribution in [1.82, 2.24) is 19.6 Å². The van der Waals surface area contributed by atoms with E-state index in [0.717, 1.165) is 18.9 Å². The van der Waals surface area contributed by atoms with Crippen LogP contribution in [0, 0.1) is 6.92 Å². The van der Waals surface area contributed by atoms with E-state index in [1.165, 1.54) is 0 Å². The first-order valence-corrected chi connectivity index (χ1v) is 6.62. The number of imidazole rings is 1. The molecule has 3 heterocycles. The van der Waals surface area contributed by atoms with E-state index in [1.807, 2.05) is 13.1 Å². The third-order valence-corrected chi connectivity index (χ3v) is 3.58.